The molecule has 0 aliphatic carbocycles. The fraction of sp³-hybridized carbons (Fsp3) is 0.188. The number of hydrogen-bond acceptors (Lipinski definition) is 3. The number of benzene rings is 2. The molecular weight excluding hydrogens is 253 g/mol. The molecule has 0 amide bonds. The Morgan fingerprint density at radius 2 is 2.10 bits per heavy atom. The molecule has 0 bridgehead atoms. The van der Waals surface area contributed by atoms with Crippen LogP contribution in [0.2, 0.25) is 0 Å². The van der Waals surface area contributed by atoms with E-state index in [0.717, 1.165) is 24.3 Å². The van der Waals surface area contributed by atoms with Gasteiger partial charge in [-0.15, -0.1) is 0 Å². The number of nitrogens with two attached hydrogens (primary N) is 1. The summed E-state index contributed by atoms with van der Waals surface area (Å²) in [6.45, 7) is 1.37. The van der Waals surface area contributed by atoms with Gasteiger partial charge in [-0.3, -0.25) is 0 Å². The predicted molar refractivity (Wildman–Crippen MR) is 76.7 cm³/mol. The fourth-order valence-electron chi connectivity index (χ4n) is 2.60. The average Bonchev–Trinajstić information content (AvgIpc) is 2.83. The number of rotatable bonds is 2. The van der Waals surface area contributed by atoms with E-state index < -0.39 is 0 Å². The Morgan fingerprint density at radius 1 is 1.25 bits per heavy atom. The largest absolute Gasteiger partial charge is 0.399 e. The summed E-state index contributed by atoms with van der Waals surface area (Å²) in [5.74, 6) is -0.326. The zero-order chi connectivity index (χ0) is 14.1. The summed E-state index contributed by atoms with van der Waals surface area (Å²) < 4.78 is 13.9. The highest BCUT2D eigenvalue weighted by Gasteiger charge is 2.20. The highest BCUT2D eigenvalue weighted by Crippen LogP contribution is 2.31. The second-order valence-electron chi connectivity index (χ2n) is 4.98. The van der Waals surface area contributed by atoms with Gasteiger partial charge >= 0.3 is 0 Å². The third-order valence-corrected chi connectivity index (χ3v) is 3.64. The van der Waals surface area contributed by atoms with Crippen LogP contribution in [-0.4, -0.2) is 6.54 Å². The molecule has 1 heterocycles. The Morgan fingerprint density at radius 3 is 2.85 bits per heavy atom. The van der Waals surface area contributed by atoms with Gasteiger partial charge in [0.15, 0.2) is 0 Å². The van der Waals surface area contributed by atoms with Gasteiger partial charge in [0.25, 0.3) is 0 Å². The Hall–Kier alpha value is -2.54. The molecule has 2 aromatic carbocycles. The van der Waals surface area contributed by atoms with Crippen molar-refractivity contribution in [1.82, 2.24) is 0 Å². The lowest BCUT2D eigenvalue weighted by molar-refractivity contribution is 0.605. The number of hydrogen-bond donors (Lipinski definition) is 1. The zero-order valence-electron chi connectivity index (χ0n) is 10.9. The molecule has 0 aromatic heterocycles. The van der Waals surface area contributed by atoms with E-state index in [0.29, 0.717) is 17.7 Å². The first-order chi connectivity index (χ1) is 9.67. The van der Waals surface area contributed by atoms with Gasteiger partial charge in [-0.05, 0) is 42.3 Å². The Kier molecular flexibility index (Phi) is 3.03. The average molecular weight is 267 g/mol. The van der Waals surface area contributed by atoms with E-state index >= 15 is 0 Å². The molecule has 0 fully saturated rings. The van der Waals surface area contributed by atoms with Crippen LogP contribution in [0.4, 0.5) is 15.8 Å². The number of nitrogen functional groups attached to an aromatic ring is 1. The number of fused-ring (bicyclic) bond motifs is 1. The standard InChI is InChI=1S/C16H14FN3/c17-15-7-11(9-18)1-2-13(15)10-20-6-5-12-8-14(19)3-4-16(12)20/h1-4,7-8H,5-6,10,19H2. The molecule has 0 radical (unpaired) electrons. The summed E-state index contributed by atoms with van der Waals surface area (Å²) in [6.07, 6.45) is 0.929. The van der Waals surface area contributed by atoms with Crippen LogP contribution in [0, 0.1) is 17.1 Å². The molecule has 0 saturated carbocycles. The molecule has 100 valence electrons. The van der Waals surface area contributed by atoms with Crippen molar-refractivity contribution in [2.75, 3.05) is 17.2 Å². The van der Waals surface area contributed by atoms with Crippen molar-refractivity contribution < 1.29 is 4.39 Å². The minimum Gasteiger partial charge on any atom is -0.399 e. The van der Waals surface area contributed by atoms with Crippen LogP contribution in [0.3, 0.4) is 0 Å². The van der Waals surface area contributed by atoms with Gasteiger partial charge in [-0.2, -0.15) is 5.26 Å². The smallest absolute Gasteiger partial charge is 0.129 e. The van der Waals surface area contributed by atoms with E-state index in [-0.39, 0.29) is 5.82 Å². The van der Waals surface area contributed by atoms with Crippen LogP contribution < -0.4 is 10.6 Å². The Balaban J connectivity index is 1.86. The highest BCUT2D eigenvalue weighted by molar-refractivity contribution is 5.63. The predicted octanol–water partition coefficient (Wildman–Crippen LogP) is 2.84. The van der Waals surface area contributed by atoms with Crippen molar-refractivity contribution in [3.8, 4) is 6.07 Å². The molecule has 0 unspecified atom stereocenters. The molecule has 3 nitrogen and oxygen atoms in total. The van der Waals surface area contributed by atoms with Crippen LogP contribution in [0.15, 0.2) is 36.4 Å². The van der Waals surface area contributed by atoms with Crippen LogP contribution in [0.25, 0.3) is 0 Å². The molecule has 0 saturated heterocycles. The molecule has 3 rings (SSSR count). The van der Waals surface area contributed by atoms with Gasteiger partial charge in [0.1, 0.15) is 5.82 Å². The summed E-state index contributed by atoms with van der Waals surface area (Å²) in [6, 6.07) is 12.4. The second kappa shape index (κ2) is 4.86. The van der Waals surface area contributed by atoms with E-state index in [1.165, 1.54) is 11.6 Å². The van der Waals surface area contributed by atoms with Crippen LogP contribution in [-0.2, 0) is 13.0 Å². The van der Waals surface area contributed by atoms with Crippen LogP contribution >= 0.6 is 0 Å². The molecule has 1 aliphatic heterocycles. The summed E-state index contributed by atoms with van der Waals surface area (Å²) in [5.41, 5.74) is 9.81. The third kappa shape index (κ3) is 2.19. The quantitative estimate of drug-likeness (QED) is 0.851. The van der Waals surface area contributed by atoms with Crippen molar-refractivity contribution in [2.24, 2.45) is 0 Å². The first-order valence-electron chi connectivity index (χ1n) is 6.49. The summed E-state index contributed by atoms with van der Waals surface area (Å²) in [5, 5.41) is 8.75. The number of halogens is 1. The van der Waals surface area contributed by atoms with E-state index in [2.05, 4.69) is 4.90 Å². The summed E-state index contributed by atoms with van der Waals surface area (Å²) in [7, 11) is 0. The Bertz CT molecular complexity index is 703. The monoisotopic (exact) mass is 267 g/mol. The Labute approximate surface area is 117 Å². The highest BCUT2D eigenvalue weighted by atomic mass is 19.1. The maximum Gasteiger partial charge on any atom is 0.129 e. The molecule has 1 aliphatic rings. The maximum atomic E-state index is 13.9. The molecule has 0 spiro atoms. The van der Waals surface area contributed by atoms with Gasteiger partial charge in [0.2, 0.25) is 0 Å². The van der Waals surface area contributed by atoms with Crippen molar-refractivity contribution >= 4 is 11.4 Å². The number of nitriles is 1. The first kappa shape index (κ1) is 12.5. The van der Waals surface area contributed by atoms with Gasteiger partial charge < -0.3 is 10.6 Å². The first-order valence-corrected chi connectivity index (χ1v) is 6.49. The lowest BCUT2D eigenvalue weighted by atomic mass is 10.1. The lowest BCUT2D eigenvalue weighted by Gasteiger charge is -2.20. The third-order valence-electron chi connectivity index (χ3n) is 3.64. The summed E-state index contributed by atoms with van der Waals surface area (Å²) >= 11 is 0. The van der Waals surface area contributed by atoms with Gasteiger partial charge in [0.05, 0.1) is 11.6 Å². The normalized spacial score (nSPS) is 13.1. The van der Waals surface area contributed by atoms with Gasteiger partial charge in [-0.25, -0.2) is 4.39 Å². The van der Waals surface area contributed by atoms with Crippen molar-refractivity contribution in [3.63, 3.8) is 0 Å². The van der Waals surface area contributed by atoms with E-state index in [9.17, 15) is 4.39 Å². The molecule has 0 atom stereocenters. The minimum atomic E-state index is -0.326. The maximum absolute atomic E-state index is 13.9. The van der Waals surface area contributed by atoms with Crippen LogP contribution in [0.5, 0.6) is 0 Å². The van der Waals surface area contributed by atoms with Gasteiger partial charge in [0, 0.05) is 30.0 Å². The van der Waals surface area contributed by atoms with E-state index in [1.807, 2.05) is 24.3 Å². The van der Waals surface area contributed by atoms with E-state index in [4.69, 9.17) is 11.0 Å². The van der Waals surface area contributed by atoms with Gasteiger partial charge in [-0.1, -0.05) is 6.07 Å². The van der Waals surface area contributed by atoms with Crippen molar-refractivity contribution in [1.29, 1.82) is 5.26 Å². The fourth-order valence-corrected chi connectivity index (χ4v) is 2.60. The van der Waals surface area contributed by atoms with Crippen molar-refractivity contribution in [2.45, 2.75) is 13.0 Å². The molecular formula is C16H14FN3. The minimum absolute atomic E-state index is 0.326. The number of nitrogens with zero attached hydrogens (tertiary/aromatic N) is 2. The van der Waals surface area contributed by atoms with Crippen LogP contribution in [0.1, 0.15) is 16.7 Å². The SMILES string of the molecule is N#Cc1ccc(CN2CCc3cc(N)ccc32)c(F)c1. The zero-order valence-corrected chi connectivity index (χ0v) is 10.9. The van der Waals surface area contributed by atoms with E-state index in [1.54, 1.807) is 12.1 Å². The lowest BCUT2D eigenvalue weighted by Crippen LogP contribution is -2.20. The molecule has 2 N–H and O–H groups in total. The molecule has 2 aromatic rings. The number of anilines is 2. The molecule has 4 heteroatoms. The summed E-state index contributed by atoms with van der Waals surface area (Å²) in [4.78, 5) is 2.14. The topological polar surface area (TPSA) is 53.0 Å². The molecule has 20 heavy (non-hydrogen) atoms. The van der Waals surface area contributed by atoms with Crippen molar-refractivity contribution in [3.05, 3.63) is 58.9 Å². The second-order valence-corrected chi connectivity index (χ2v) is 4.98.